The summed E-state index contributed by atoms with van der Waals surface area (Å²) in [5.74, 6) is 1.22. The summed E-state index contributed by atoms with van der Waals surface area (Å²) in [6.07, 6.45) is 0. The fourth-order valence-corrected chi connectivity index (χ4v) is 2.40. The number of nitrogens with zero attached hydrogens (tertiary/aromatic N) is 1. The van der Waals surface area contributed by atoms with Gasteiger partial charge in [-0.2, -0.15) is 0 Å². The van der Waals surface area contributed by atoms with Gasteiger partial charge in [0.05, 0.1) is 21.3 Å². The molecule has 0 bridgehead atoms. The minimum absolute atomic E-state index is 0.185. The number of para-hydroxylation sites is 1. The van der Waals surface area contributed by atoms with E-state index in [1.54, 1.807) is 24.1 Å². The number of methoxy groups -OCH3 is 3. The fraction of sp³-hybridized carbons (Fsp3) is 0.278. The number of carbonyl (C=O) groups is 1. The SMILES string of the molecule is CCN(C(=O)c1c(OC)cc(OC)cc1OC)c1ccccc1. The first-order valence-corrected chi connectivity index (χ1v) is 7.33. The normalized spacial score (nSPS) is 10.1. The van der Waals surface area contributed by atoms with E-state index in [0.29, 0.717) is 29.4 Å². The standard InChI is InChI=1S/C18H21NO4/c1-5-19(13-9-7-6-8-10-13)18(20)17-15(22-3)11-14(21-2)12-16(17)23-4/h6-12H,5H2,1-4H3. The van der Waals surface area contributed by atoms with Gasteiger partial charge >= 0.3 is 0 Å². The van der Waals surface area contributed by atoms with E-state index in [1.165, 1.54) is 14.2 Å². The minimum Gasteiger partial charge on any atom is -0.496 e. The largest absolute Gasteiger partial charge is 0.496 e. The molecule has 1 amide bonds. The number of benzene rings is 2. The van der Waals surface area contributed by atoms with E-state index in [0.717, 1.165) is 5.69 Å². The molecular weight excluding hydrogens is 294 g/mol. The van der Waals surface area contributed by atoms with E-state index in [2.05, 4.69) is 0 Å². The summed E-state index contributed by atoms with van der Waals surface area (Å²) in [4.78, 5) is 14.7. The monoisotopic (exact) mass is 315 g/mol. The second kappa shape index (κ2) is 7.54. The van der Waals surface area contributed by atoms with Gasteiger partial charge in [0.1, 0.15) is 22.8 Å². The summed E-state index contributed by atoms with van der Waals surface area (Å²) in [6, 6.07) is 12.8. The lowest BCUT2D eigenvalue weighted by Crippen LogP contribution is -2.31. The van der Waals surface area contributed by atoms with Crippen LogP contribution in [0.1, 0.15) is 17.3 Å². The molecule has 0 saturated heterocycles. The molecule has 0 aliphatic rings. The highest BCUT2D eigenvalue weighted by Crippen LogP contribution is 2.35. The van der Waals surface area contributed by atoms with Gasteiger partial charge in [-0.15, -0.1) is 0 Å². The molecule has 2 aromatic carbocycles. The van der Waals surface area contributed by atoms with E-state index in [4.69, 9.17) is 14.2 Å². The number of hydrogen-bond donors (Lipinski definition) is 0. The molecule has 0 heterocycles. The van der Waals surface area contributed by atoms with Crippen molar-refractivity contribution < 1.29 is 19.0 Å². The van der Waals surface area contributed by atoms with Crippen LogP contribution in [0.25, 0.3) is 0 Å². The Kier molecular flexibility index (Phi) is 5.46. The van der Waals surface area contributed by atoms with Gasteiger partial charge in [-0.3, -0.25) is 4.79 Å². The third-order valence-electron chi connectivity index (χ3n) is 3.56. The number of rotatable bonds is 6. The van der Waals surface area contributed by atoms with Crippen molar-refractivity contribution in [1.29, 1.82) is 0 Å². The zero-order valence-electron chi connectivity index (χ0n) is 13.8. The molecular formula is C18H21NO4. The Balaban J connectivity index is 2.53. The van der Waals surface area contributed by atoms with Gasteiger partial charge in [0.25, 0.3) is 5.91 Å². The molecule has 0 saturated carbocycles. The van der Waals surface area contributed by atoms with Crippen molar-refractivity contribution in [2.45, 2.75) is 6.92 Å². The quantitative estimate of drug-likeness (QED) is 0.820. The molecule has 0 atom stereocenters. The first-order chi connectivity index (χ1) is 11.2. The molecule has 0 fully saturated rings. The van der Waals surface area contributed by atoms with Crippen molar-refractivity contribution in [3.63, 3.8) is 0 Å². The molecule has 0 aromatic heterocycles. The Hall–Kier alpha value is -2.69. The first kappa shape index (κ1) is 16.7. The third kappa shape index (κ3) is 3.39. The number of anilines is 1. The van der Waals surface area contributed by atoms with Crippen molar-refractivity contribution >= 4 is 11.6 Å². The van der Waals surface area contributed by atoms with Crippen LogP contribution >= 0.6 is 0 Å². The van der Waals surface area contributed by atoms with E-state index in [9.17, 15) is 4.79 Å². The minimum atomic E-state index is -0.185. The smallest absolute Gasteiger partial charge is 0.265 e. The summed E-state index contributed by atoms with van der Waals surface area (Å²) in [5.41, 5.74) is 1.20. The average molecular weight is 315 g/mol. The van der Waals surface area contributed by atoms with Crippen LogP contribution in [0.4, 0.5) is 5.69 Å². The molecule has 0 spiro atoms. The maximum atomic E-state index is 13.1. The van der Waals surface area contributed by atoms with Crippen LogP contribution in [-0.4, -0.2) is 33.8 Å². The summed E-state index contributed by atoms with van der Waals surface area (Å²) < 4.78 is 16.0. The predicted octanol–water partition coefficient (Wildman–Crippen LogP) is 3.38. The number of amides is 1. The van der Waals surface area contributed by atoms with Gasteiger partial charge in [0.2, 0.25) is 0 Å². The Morgan fingerprint density at radius 1 is 0.957 bits per heavy atom. The number of hydrogen-bond acceptors (Lipinski definition) is 4. The van der Waals surface area contributed by atoms with Crippen LogP contribution < -0.4 is 19.1 Å². The summed E-state index contributed by atoms with van der Waals surface area (Å²) in [5, 5.41) is 0. The van der Waals surface area contributed by atoms with Crippen molar-refractivity contribution in [3.8, 4) is 17.2 Å². The fourth-order valence-electron chi connectivity index (χ4n) is 2.40. The van der Waals surface area contributed by atoms with Crippen molar-refractivity contribution in [2.24, 2.45) is 0 Å². The van der Waals surface area contributed by atoms with Gasteiger partial charge in [0.15, 0.2) is 0 Å². The second-order valence-corrected chi connectivity index (χ2v) is 4.79. The maximum absolute atomic E-state index is 13.1. The predicted molar refractivity (Wildman–Crippen MR) is 89.9 cm³/mol. The number of ether oxygens (including phenoxy) is 3. The van der Waals surface area contributed by atoms with E-state index >= 15 is 0 Å². The highest BCUT2D eigenvalue weighted by Gasteiger charge is 2.25. The lowest BCUT2D eigenvalue weighted by atomic mass is 10.1. The molecule has 2 aromatic rings. The van der Waals surface area contributed by atoms with Crippen molar-refractivity contribution in [1.82, 2.24) is 0 Å². The number of carbonyl (C=O) groups excluding carboxylic acids is 1. The molecule has 0 radical (unpaired) electrons. The molecule has 0 aliphatic heterocycles. The zero-order chi connectivity index (χ0) is 16.8. The Morgan fingerprint density at radius 3 is 1.96 bits per heavy atom. The summed E-state index contributed by atoms with van der Waals surface area (Å²) >= 11 is 0. The molecule has 23 heavy (non-hydrogen) atoms. The van der Waals surface area contributed by atoms with E-state index in [1.807, 2.05) is 37.3 Å². The van der Waals surface area contributed by atoms with Crippen LogP contribution in [-0.2, 0) is 0 Å². The average Bonchev–Trinajstić information content (AvgIpc) is 2.61. The van der Waals surface area contributed by atoms with Crippen LogP contribution in [0.3, 0.4) is 0 Å². The maximum Gasteiger partial charge on any atom is 0.265 e. The van der Waals surface area contributed by atoms with Gasteiger partial charge in [-0.25, -0.2) is 0 Å². The van der Waals surface area contributed by atoms with Crippen LogP contribution in [0.2, 0.25) is 0 Å². The van der Waals surface area contributed by atoms with E-state index < -0.39 is 0 Å². The van der Waals surface area contributed by atoms with Crippen molar-refractivity contribution in [3.05, 3.63) is 48.0 Å². The Morgan fingerprint density at radius 2 is 1.52 bits per heavy atom. The van der Waals surface area contributed by atoms with Crippen LogP contribution in [0.15, 0.2) is 42.5 Å². The topological polar surface area (TPSA) is 48.0 Å². The molecule has 0 aliphatic carbocycles. The van der Waals surface area contributed by atoms with Crippen LogP contribution in [0.5, 0.6) is 17.2 Å². The molecule has 5 nitrogen and oxygen atoms in total. The van der Waals surface area contributed by atoms with Gasteiger partial charge in [-0.05, 0) is 19.1 Å². The van der Waals surface area contributed by atoms with Gasteiger partial charge < -0.3 is 19.1 Å². The Labute approximate surface area is 136 Å². The van der Waals surface area contributed by atoms with Crippen molar-refractivity contribution in [2.75, 3.05) is 32.8 Å². The molecule has 0 unspecified atom stereocenters. The molecule has 2 rings (SSSR count). The zero-order valence-corrected chi connectivity index (χ0v) is 13.8. The second-order valence-electron chi connectivity index (χ2n) is 4.79. The summed E-state index contributed by atoms with van der Waals surface area (Å²) in [6.45, 7) is 2.45. The third-order valence-corrected chi connectivity index (χ3v) is 3.56. The molecule has 122 valence electrons. The van der Waals surface area contributed by atoms with E-state index in [-0.39, 0.29) is 5.91 Å². The molecule has 5 heteroatoms. The van der Waals surface area contributed by atoms with Crippen LogP contribution in [0, 0.1) is 0 Å². The molecule has 0 N–H and O–H groups in total. The highest BCUT2D eigenvalue weighted by atomic mass is 16.5. The highest BCUT2D eigenvalue weighted by molar-refractivity contribution is 6.10. The lowest BCUT2D eigenvalue weighted by molar-refractivity contribution is 0.0982. The lowest BCUT2D eigenvalue weighted by Gasteiger charge is -2.23. The first-order valence-electron chi connectivity index (χ1n) is 7.33. The van der Waals surface area contributed by atoms with Gasteiger partial charge in [-0.1, -0.05) is 18.2 Å². The van der Waals surface area contributed by atoms with Gasteiger partial charge in [0, 0.05) is 24.4 Å². The summed E-state index contributed by atoms with van der Waals surface area (Å²) in [7, 11) is 4.59. The Bertz CT molecular complexity index is 645.